The lowest BCUT2D eigenvalue weighted by molar-refractivity contribution is -0.141. The van der Waals surface area contributed by atoms with E-state index in [4.69, 9.17) is 4.74 Å². The number of ether oxygens (including phenoxy) is 1. The van der Waals surface area contributed by atoms with E-state index in [1.54, 1.807) is 59.7 Å². The van der Waals surface area contributed by atoms with Crippen LogP contribution in [-0.4, -0.2) is 51.5 Å². The van der Waals surface area contributed by atoms with Gasteiger partial charge in [0.25, 0.3) is 0 Å². The van der Waals surface area contributed by atoms with Crippen molar-refractivity contribution in [3.05, 3.63) is 83.6 Å². The number of carbonyl (C=O) groups is 2. The Bertz CT molecular complexity index is 1680. The second kappa shape index (κ2) is 12.4. The highest BCUT2D eigenvalue weighted by molar-refractivity contribution is 7.89. The predicted octanol–water partition coefficient (Wildman–Crippen LogP) is 6.32. The number of benzene rings is 1. The number of sulfonamides is 1. The van der Waals surface area contributed by atoms with Crippen LogP contribution in [0.1, 0.15) is 52.1 Å². The molecule has 1 unspecified atom stereocenters. The Morgan fingerprint density at radius 2 is 1.70 bits per heavy atom. The van der Waals surface area contributed by atoms with Crippen molar-refractivity contribution in [3.63, 3.8) is 0 Å². The molecule has 43 heavy (non-hydrogen) atoms. The molecule has 3 heterocycles. The van der Waals surface area contributed by atoms with E-state index in [0.29, 0.717) is 5.69 Å². The molecule has 0 aliphatic carbocycles. The van der Waals surface area contributed by atoms with E-state index >= 15 is 0 Å². The molecule has 0 fully saturated rings. The van der Waals surface area contributed by atoms with Crippen LogP contribution < -0.4 is 4.90 Å². The number of hydrogen-bond donors (Lipinski definition) is 1. The highest BCUT2D eigenvalue weighted by Crippen LogP contribution is 2.32. The molecule has 0 radical (unpaired) electrons. The molecule has 12 heteroatoms. The lowest BCUT2D eigenvalue weighted by Crippen LogP contribution is -2.54. The van der Waals surface area contributed by atoms with Gasteiger partial charge in [-0.2, -0.15) is 4.31 Å². The highest BCUT2D eigenvalue weighted by atomic mass is 32.2. The predicted molar refractivity (Wildman–Crippen MR) is 166 cm³/mol. The molecule has 0 bridgehead atoms. The molecule has 10 nitrogen and oxygen atoms in total. The van der Waals surface area contributed by atoms with E-state index in [0.717, 1.165) is 19.9 Å². The zero-order valence-electron chi connectivity index (χ0n) is 25.0. The molecule has 0 saturated heterocycles. The van der Waals surface area contributed by atoms with E-state index in [9.17, 15) is 23.1 Å². The minimum Gasteiger partial charge on any atom is -0.480 e. The maximum atomic E-state index is 13.9. The van der Waals surface area contributed by atoms with Gasteiger partial charge in [0.1, 0.15) is 22.4 Å². The first-order valence-electron chi connectivity index (χ1n) is 13.6. The third kappa shape index (κ3) is 7.75. The molecular weight excluding hydrogens is 588 g/mol. The van der Waals surface area contributed by atoms with Gasteiger partial charge in [0, 0.05) is 28.5 Å². The SMILES string of the molecule is CC(C)(C)OC(=O)N(c1cccc(CN(Cc2cc3ccccc3s2)S(=O)(=O)c2cccnc2)n1)C(C(=O)O)C(C)(C)C. The molecule has 4 rings (SSSR count). The molecule has 228 valence electrons. The fraction of sp³-hybridized carbons (Fsp3) is 0.355. The highest BCUT2D eigenvalue weighted by Gasteiger charge is 2.42. The van der Waals surface area contributed by atoms with Gasteiger partial charge in [-0.05, 0) is 68.0 Å². The van der Waals surface area contributed by atoms with E-state index in [2.05, 4.69) is 9.97 Å². The molecular formula is C31H36N4O6S2. The number of rotatable bonds is 9. The molecule has 0 aliphatic heterocycles. The minimum atomic E-state index is -4.02. The number of carbonyl (C=O) groups excluding carboxylic acids is 1. The summed E-state index contributed by atoms with van der Waals surface area (Å²) < 4.78 is 35.7. The van der Waals surface area contributed by atoms with Gasteiger partial charge in [-0.1, -0.05) is 45.0 Å². The molecule has 3 aromatic heterocycles. The Morgan fingerprint density at radius 3 is 2.30 bits per heavy atom. The summed E-state index contributed by atoms with van der Waals surface area (Å²) in [5, 5.41) is 11.2. The van der Waals surface area contributed by atoms with Crippen LogP contribution in [0.25, 0.3) is 10.1 Å². The fourth-order valence-corrected chi connectivity index (χ4v) is 7.06. The van der Waals surface area contributed by atoms with Gasteiger partial charge < -0.3 is 9.84 Å². The summed E-state index contributed by atoms with van der Waals surface area (Å²) in [4.78, 5) is 36.4. The first-order valence-corrected chi connectivity index (χ1v) is 15.9. The third-order valence-corrected chi connectivity index (χ3v) is 9.24. The molecule has 1 atom stereocenters. The van der Waals surface area contributed by atoms with Crippen molar-refractivity contribution in [2.45, 2.75) is 71.2 Å². The quantitative estimate of drug-likeness (QED) is 0.229. The van der Waals surface area contributed by atoms with E-state index in [-0.39, 0.29) is 23.8 Å². The Hall–Kier alpha value is -3.87. The Labute approximate surface area is 256 Å². The van der Waals surface area contributed by atoms with Gasteiger partial charge >= 0.3 is 12.1 Å². The molecule has 0 spiro atoms. The molecule has 1 N–H and O–H groups in total. The van der Waals surface area contributed by atoms with Gasteiger partial charge in [0.05, 0.1) is 12.2 Å². The lowest BCUT2D eigenvalue weighted by Gasteiger charge is -2.37. The maximum Gasteiger partial charge on any atom is 0.416 e. The number of thiophene rings is 1. The summed E-state index contributed by atoms with van der Waals surface area (Å²) in [6.07, 6.45) is 1.92. The summed E-state index contributed by atoms with van der Waals surface area (Å²) in [5.41, 5.74) is -1.47. The van der Waals surface area contributed by atoms with Crippen molar-refractivity contribution in [1.82, 2.24) is 14.3 Å². The van der Waals surface area contributed by atoms with Crippen LogP contribution in [-0.2, 0) is 32.6 Å². The number of anilines is 1. The Balaban J connectivity index is 1.77. The van der Waals surface area contributed by atoms with Gasteiger partial charge in [0.2, 0.25) is 10.0 Å². The normalized spacial score (nSPS) is 13.2. The number of carboxylic acid groups (broad SMARTS) is 1. The minimum absolute atomic E-state index is 0.0290. The number of aromatic nitrogens is 2. The second-order valence-corrected chi connectivity index (χ2v) is 15.3. The van der Waals surface area contributed by atoms with Crippen LogP contribution in [0.15, 0.2) is 78.0 Å². The number of amides is 1. The summed E-state index contributed by atoms with van der Waals surface area (Å²) in [7, 11) is -4.02. The Kier molecular flexibility index (Phi) is 9.24. The van der Waals surface area contributed by atoms with E-state index in [1.165, 1.54) is 40.2 Å². The molecule has 0 aliphatic rings. The summed E-state index contributed by atoms with van der Waals surface area (Å²) >= 11 is 1.50. The second-order valence-electron chi connectivity index (χ2n) is 12.2. The van der Waals surface area contributed by atoms with Crippen molar-refractivity contribution in [2.75, 3.05) is 4.90 Å². The first kappa shape index (κ1) is 32.1. The van der Waals surface area contributed by atoms with Crippen molar-refractivity contribution < 1.29 is 27.9 Å². The van der Waals surface area contributed by atoms with Gasteiger partial charge in [-0.15, -0.1) is 11.3 Å². The smallest absolute Gasteiger partial charge is 0.416 e. The van der Waals surface area contributed by atoms with Crippen molar-refractivity contribution in [1.29, 1.82) is 0 Å². The number of aliphatic carboxylic acids is 1. The van der Waals surface area contributed by atoms with E-state index in [1.807, 2.05) is 30.3 Å². The van der Waals surface area contributed by atoms with Crippen LogP contribution in [0.3, 0.4) is 0 Å². The largest absolute Gasteiger partial charge is 0.480 e. The van der Waals surface area contributed by atoms with Crippen LogP contribution in [0, 0.1) is 5.41 Å². The molecule has 0 saturated carbocycles. The molecule has 4 aromatic rings. The number of fused-ring (bicyclic) bond motifs is 1. The summed E-state index contributed by atoms with van der Waals surface area (Å²) in [5.74, 6) is -1.19. The van der Waals surface area contributed by atoms with Gasteiger partial charge in [-0.3, -0.25) is 4.98 Å². The average Bonchev–Trinajstić information content (AvgIpc) is 3.32. The zero-order valence-corrected chi connectivity index (χ0v) is 26.6. The van der Waals surface area contributed by atoms with Crippen LogP contribution in [0.4, 0.5) is 10.6 Å². The van der Waals surface area contributed by atoms with Crippen molar-refractivity contribution >= 4 is 49.3 Å². The topological polar surface area (TPSA) is 130 Å². The standard InChI is InChI=1S/C31H36N4O6S2/c1-30(2,3)27(28(36)37)35(29(38)41-31(4,5)6)26-15-9-12-22(33-26)19-34(43(39,40)24-13-10-16-32-18-24)20-23-17-21-11-7-8-14-25(21)42-23/h7-18,27H,19-20H2,1-6H3,(H,36,37). The number of hydrogen-bond acceptors (Lipinski definition) is 8. The number of nitrogens with zero attached hydrogens (tertiary/aromatic N) is 4. The lowest BCUT2D eigenvalue weighted by atomic mass is 9.85. The van der Waals surface area contributed by atoms with Crippen LogP contribution >= 0.6 is 11.3 Å². The fourth-order valence-electron chi connectivity index (χ4n) is 4.54. The van der Waals surface area contributed by atoms with Gasteiger partial charge in [0.15, 0.2) is 0 Å². The van der Waals surface area contributed by atoms with Crippen LogP contribution in [0.2, 0.25) is 0 Å². The van der Waals surface area contributed by atoms with Gasteiger partial charge in [-0.25, -0.2) is 27.9 Å². The molecule has 1 aromatic carbocycles. The van der Waals surface area contributed by atoms with Crippen molar-refractivity contribution in [2.24, 2.45) is 5.41 Å². The number of pyridine rings is 2. The monoisotopic (exact) mass is 624 g/mol. The first-order chi connectivity index (χ1) is 20.1. The zero-order chi connectivity index (χ0) is 31.6. The summed E-state index contributed by atoms with van der Waals surface area (Å²) in [6.45, 7) is 10.1. The third-order valence-electron chi connectivity index (χ3n) is 6.36. The van der Waals surface area contributed by atoms with Crippen molar-refractivity contribution in [3.8, 4) is 0 Å². The Morgan fingerprint density at radius 1 is 0.977 bits per heavy atom. The summed E-state index contributed by atoms with van der Waals surface area (Å²) in [6, 6.07) is 16.3. The molecule has 1 amide bonds. The maximum absolute atomic E-state index is 13.9. The van der Waals surface area contributed by atoms with Crippen LogP contribution in [0.5, 0.6) is 0 Å². The van der Waals surface area contributed by atoms with E-state index < -0.39 is 39.1 Å². The number of carboxylic acids is 1. The average molecular weight is 625 g/mol.